The molecule has 26 nitrogen and oxygen atoms in total. The molecule has 2 amide bonds. The molecule has 10 rings (SSSR count). The fraction of sp³-hybridized carbons (Fsp3) is 0.474. The van der Waals surface area contributed by atoms with Gasteiger partial charge in [-0.05, 0) is 87.9 Å². The Bertz CT molecular complexity index is 4130. The number of nitrogens with zero attached hydrogens (tertiary/aromatic N) is 6. The van der Waals surface area contributed by atoms with Crippen molar-refractivity contribution in [3.63, 3.8) is 0 Å². The van der Waals surface area contributed by atoms with Crippen molar-refractivity contribution >= 4 is 85.3 Å². The zero-order valence-corrected chi connectivity index (χ0v) is 51.2. The number of phosphoric acid groups is 1. The lowest BCUT2D eigenvalue weighted by Gasteiger charge is -2.43. The van der Waals surface area contributed by atoms with E-state index in [4.69, 9.17) is 24.3 Å². The quantitative estimate of drug-likeness (QED) is 0.0219. The summed E-state index contributed by atoms with van der Waals surface area (Å²) in [7, 11) is -11.8. The molecule has 2 fully saturated rings. The van der Waals surface area contributed by atoms with Gasteiger partial charge >= 0.3 is 7.82 Å². The van der Waals surface area contributed by atoms with E-state index in [0.717, 1.165) is 12.8 Å². The number of H-pyrrole nitrogens is 1. The molecule has 2 saturated heterocycles. The monoisotopic (exact) mass is 1250 g/mol. The molecule has 0 bridgehead atoms. The summed E-state index contributed by atoms with van der Waals surface area (Å²) in [5.74, 6) is -1.13. The van der Waals surface area contributed by atoms with Crippen LogP contribution in [-0.2, 0) is 43.4 Å². The van der Waals surface area contributed by atoms with Gasteiger partial charge in [0, 0.05) is 92.7 Å². The van der Waals surface area contributed by atoms with Crippen LogP contribution >= 0.6 is 7.82 Å². The number of rotatable bonds is 21. The maximum Gasteiger partial charge on any atom is 0.472 e. The van der Waals surface area contributed by atoms with Gasteiger partial charge in [-0.1, -0.05) is 37.1 Å². The number of hydrogen-bond donors (Lipinski definition) is 8. The maximum atomic E-state index is 14.8. The van der Waals surface area contributed by atoms with Crippen molar-refractivity contribution in [1.82, 2.24) is 34.3 Å². The summed E-state index contributed by atoms with van der Waals surface area (Å²) in [6.45, 7) is 13.5. The third-order valence-electron chi connectivity index (χ3n) is 16.2. The molecule has 1 unspecified atom stereocenters. The minimum atomic E-state index is -4.51. The van der Waals surface area contributed by atoms with Crippen LogP contribution in [0.2, 0.25) is 0 Å². The molecule has 0 radical (unpaired) electrons. The second-order valence-corrected chi connectivity index (χ2v) is 27.5. The molecule has 5 atom stereocenters. The smallest absolute Gasteiger partial charge is 0.456 e. The van der Waals surface area contributed by atoms with Crippen molar-refractivity contribution < 1.29 is 68.6 Å². The minimum Gasteiger partial charge on any atom is -0.456 e. The lowest BCUT2D eigenvalue weighted by atomic mass is 9.83. The Labute approximate surface area is 496 Å². The van der Waals surface area contributed by atoms with Crippen LogP contribution in [0.4, 0.5) is 17.6 Å². The Morgan fingerprint density at radius 3 is 2.30 bits per heavy atom. The maximum absolute atomic E-state index is 14.8. The Hall–Kier alpha value is -6.85. The molecule has 462 valence electrons. The first-order chi connectivity index (χ1) is 40.5. The topological polar surface area (TPSA) is 360 Å². The second kappa shape index (κ2) is 23.7. The van der Waals surface area contributed by atoms with Crippen molar-refractivity contribution in [2.45, 2.75) is 116 Å². The predicted octanol–water partition coefficient (Wildman–Crippen LogP) is 3.93. The number of nitrogens with one attached hydrogen (secondary N) is 3. The molecule has 86 heavy (non-hydrogen) atoms. The number of amides is 2. The Morgan fingerprint density at radius 2 is 1.60 bits per heavy atom. The Morgan fingerprint density at radius 1 is 0.907 bits per heavy atom. The van der Waals surface area contributed by atoms with Gasteiger partial charge < -0.3 is 45.6 Å². The third-order valence-corrected chi connectivity index (χ3v) is 18.5. The number of carbonyl (C=O) groups excluding carboxylic acids is 2. The van der Waals surface area contributed by atoms with Gasteiger partial charge in [0.25, 0.3) is 31.7 Å². The second-order valence-electron chi connectivity index (χ2n) is 23.2. The zero-order chi connectivity index (χ0) is 62.0. The number of carbonyl (C=O) groups is 2. The number of aliphatic hydroxyl groups excluding tert-OH is 1. The van der Waals surface area contributed by atoms with Crippen LogP contribution in [0, 0.1) is 0 Å². The summed E-state index contributed by atoms with van der Waals surface area (Å²) in [6, 6.07) is 14.4. The molecule has 0 saturated carbocycles. The Balaban J connectivity index is 0.830. The molecule has 0 aliphatic carbocycles. The molecule has 3 aromatic carbocycles. The highest BCUT2D eigenvalue weighted by Crippen LogP contribution is 2.53. The number of aromatic amines is 1. The summed E-state index contributed by atoms with van der Waals surface area (Å²) in [5.41, 5.74) is 8.09. The highest BCUT2D eigenvalue weighted by atomic mass is 32.2. The van der Waals surface area contributed by atoms with Crippen LogP contribution in [-0.4, -0.2) is 159 Å². The minimum absolute atomic E-state index is 0.0132. The van der Waals surface area contributed by atoms with Crippen LogP contribution in [0.1, 0.15) is 119 Å². The fourth-order valence-corrected chi connectivity index (χ4v) is 14.7. The normalized spacial score (nSPS) is 22.0. The van der Waals surface area contributed by atoms with Crippen LogP contribution in [0.15, 0.2) is 65.5 Å². The Kier molecular flexibility index (Phi) is 17.1. The lowest BCUT2D eigenvalue weighted by Crippen LogP contribution is -2.50. The molecule has 7 heterocycles. The lowest BCUT2D eigenvalue weighted by molar-refractivity contribution is -0.121. The number of fused-ring (bicyclic) bond motifs is 6. The number of nitrogen functional groups attached to an aromatic ring is 1. The molecule has 5 aromatic rings. The summed E-state index contributed by atoms with van der Waals surface area (Å²) in [6.07, 6.45) is 2.11. The van der Waals surface area contributed by atoms with Gasteiger partial charge in [-0.15, -0.1) is 0 Å². The van der Waals surface area contributed by atoms with Crippen molar-refractivity contribution in [2.75, 3.05) is 73.8 Å². The summed E-state index contributed by atoms with van der Waals surface area (Å²) in [4.78, 5) is 65.3. The van der Waals surface area contributed by atoms with Gasteiger partial charge in [0.15, 0.2) is 22.9 Å². The van der Waals surface area contributed by atoms with E-state index >= 15 is 0 Å². The first-order valence-corrected chi connectivity index (χ1v) is 33.1. The van der Waals surface area contributed by atoms with Gasteiger partial charge in [0.05, 0.1) is 23.8 Å². The van der Waals surface area contributed by atoms with Crippen molar-refractivity contribution in [2.24, 2.45) is 0 Å². The third kappa shape index (κ3) is 12.6. The predicted molar refractivity (Wildman–Crippen MR) is 321 cm³/mol. The fourth-order valence-electron chi connectivity index (χ4n) is 12.5. The van der Waals surface area contributed by atoms with Crippen molar-refractivity contribution in [1.29, 1.82) is 0 Å². The van der Waals surface area contributed by atoms with Gasteiger partial charge in [-0.3, -0.25) is 42.1 Å². The molecule has 5 aliphatic rings. The van der Waals surface area contributed by atoms with E-state index in [-0.39, 0.29) is 54.4 Å². The van der Waals surface area contributed by atoms with E-state index in [9.17, 15) is 54.9 Å². The number of anilines is 3. The van der Waals surface area contributed by atoms with Crippen molar-refractivity contribution in [3.8, 4) is 11.5 Å². The number of unbranched alkanes of at least 4 members (excludes halogenated alkanes) is 3. The molecular formula is C57H72N10O16PS2+. The van der Waals surface area contributed by atoms with E-state index < -0.39 is 80.7 Å². The molecular weight excluding hydrogens is 1180 g/mol. The number of likely N-dealkylation sites (N-methyl/N-ethyl adjacent to an activating group) is 2. The number of aliphatic hydroxyl groups is 1. The van der Waals surface area contributed by atoms with E-state index in [1.165, 1.54) is 9.47 Å². The first-order valence-electron chi connectivity index (χ1n) is 28.4. The van der Waals surface area contributed by atoms with E-state index in [2.05, 4.69) is 35.1 Å². The molecule has 2 aromatic heterocycles. The summed E-state index contributed by atoms with van der Waals surface area (Å²) in [5, 5.41) is 18.5. The number of ether oxygens (including phenoxy) is 2. The van der Waals surface area contributed by atoms with Gasteiger partial charge in [-0.25, -0.2) is 14.1 Å². The van der Waals surface area contributed by atoms with E-state index in [1.807, 2.05) is 78.0 Å². The first kappa shape index (κ1) is 62.2. The highest BCUT2D eigenvalue weighted by molar-refractivity contribution is 7.86. The van der Waals surface area contributed by atoms with Crippen LogP contribution in [0.25, 0.3) is 27.9 Å². The standard InChI is InChI=1S/C57H71N10O16PS2/c1-8-65-40-25-42-38(23-36(40)32(27-56(65,3)4)30-85(74,75)76)46(39-24-37-33(31-86(77,78)79)28-57(5,6)66(9-2)41(37)26-43(39)81-42)34-17-12-13-18-35(34)52(71)64(7)22-16-19-45(68)59-20-14-10-11-15-21-60-55-61-47-50(62-54(58)63-51(47)70)67(55)53-48(69)49-44(82-53)29-80-84(72,73)83-49/h12-13,17-18,23-28,44,48-49,53,69H,8-11,14-16,19-22,29-31H2,1-7H3,(H7,58,59,63,68,70,71,72,73,74,75,76,77,78,79)/p+1/t44-,48-,49-,53-/m1/s1. The highest BCUT2D eigenvalue weighted by Gasteiger charge is 2.53. The number of nitrogens with two attached hydrogens (primary N) is 1. The number of hydrogen-bond acceptors (Lipinski definition) is 18. The number of aromatic nitrogens is 4. The number of phosphoric ester groups is 1. The summed E-state index contributed by atoms with van der Waals surface area (Å²) >= 11 is 0. The van der Waals surface area contributed by atoms with E-state index in [0.29, 0.717) is 118 Å². The van der Waals surface area contributed by atoms with Crippen LogP contribution in [0.3, 0.4) is 0 Å². The zero-order valence-electron chi connectivity index (χ0n) is 48.7. The van der Waals surface area contributed by atoms with Crippen LogP contribution < -0.4 is 46.7 Å². The van der Waals surface area contributed by atoms with Crippen molar-refractivity contribution in [3.05, 3.63) is 109 Å². The van der Waals surface area contributed by atoms with Gasteiger partial charge in [0.1, 0.15) is 47.9 Å². The van der Waals surface area contributed by atoms with Gasteiger partial charge in [0.2, 0.25) is 23.2 Å². The molecule has 29 heteroatoms. The number of benzene rings is 3. The SMILES string of the molecule is CCN1c2cc3c(cc2C(CS(=O)(=O)O)=CC1(C)C)C(c1ccccc1C(=O)N(C)CCCC(=O)NCCCCCCNc1nc2c(=O)[nH]c(N)nc2n1[C@@H]1O[C@@H]2COP(=O)(O)O[C@H]2[C@H]1O)=c1cc2c(cc1O3)=[N+](CC)C(C)(C)C=C2CS(=O)(=O)O. The molecule has 9 N–H and O–H groups in total. The molecule has 5 aliphatic heterocycles. The summed E-state index contributed by atoms with van der Waals surface area (Å²) < 4.78 is 109. The van der Waals surface area contributed by atoms with Gasteiger partial charge in [-0.2, -0.15) is 21.8 Å². The molecule has 0 spiro atoms. The van der Waals surface area contributed by atoms with Crippen LogP contribution in [0.5, 0.6) is 11.5 Å². The number of imidazole rings is 1. The average molecular weight is 1250 g/mol. The van der Waals surface area contributed by atoms with E-state index in [1.54, 1.807) is 31.3 Å². The average Bonchev–Trinajstić information content (AvgIpc) is 0.831. The largest absolute Gasteiger partial charge is 0.472 e.